The number of hydrogen-bond donors (Lipinski definition) is 1. The lowest BCUT2D eigenvalue weighted by atomic mass is 10.1. The summed E-state index contributed by atoms with van der Waals surface area (Å²) >= 11 is 1.86. The maximum Gasteiger partial charge on any atom is 0.146 e. The van der Waals surface area contributed by atoms with Gasteiger partial charge in [-0.15, -0.1) is 0 Å². The highest BCUT2D eigenvalue weighted by molar-refractivity contribution is 8.00. The average molecular weight is 243 g/mol. The Kier molecular flexibility index (Phi) is 3.38. The van der Waals surface area contributed by atoms with Gasteiger partial charge < -0.3 is 5.32 Å². The van der Waals surface area contributed by atoms with Gasteiger partial charge in [-0.2, -0.15) is 11.8 Å². The van der Waals surface area contributed by atoms with Gasteiger partial charge in [0.2, 0.25) is 0 Å². The molecular formula is C12H15F2NS. The molecule has 0 radical (unpaired) electrons. The van der Waals surface area contributed by atoms with Crippen LogP contribution in [-0.4, -0.2) is 17.0 Å². The van der Waals surface area contributed by atoms with Gasteiger partial charge in [-0.25, -0.2) is 8.78 Å². The van der Waals surface area contributed by atoms with E-state index in [9.17, 15) is 8.78 Å². The van der Waals surface area contributed by atoms with E-state index in [4.69, 9.17) is 0 Å². The van der Waals surface area contributed by atoms with E-state index in [0.29, 0.717) is 10.8 Å². The topological polar surface area (TPSA) is 12.0 Å². The zero-order valence-corrected chi connectivity index (χ0v) is 10.2. The Balaban J connectivity index is 2.12. The lowest BCUT2D eigenvalue weighted by molar-refractivity contribution is 0.591. The molecule has 1 aliphatic rings. The third-order valence-electron chi connectivity index (χ3n) is 2.81. The summed E-state index contributed by atoms with van der Waals surface area (Å²) in [5, 5.41) is 3.67. The van der Waals surface area contributed by atoms with E-state index in [-0.39, 0.29) is 23.4 Å². The molecule has 0 amide bonds. The minimum absolute atomic E-state index is 0.247. The van der Waals surface area contributed by atoms with Gasteiger partial charge in [0, 0.05) is 23.1 Å². The lowest BCUT2D eigenvalue weighted by Crippen LogP contribution is -2.19. The zero-order chi connectivity index (χ0) is 11.7. The first-order valence-electron chi connectivity index (χ1n) is 5.40. The van der Waals surface area contributed by atoms with E-state index in [0.717, 1.165) is 12.2 Å². The third kappa shape index (κ3) is 2.48. The summed E-state index contributed by atoms with van der Waals surface area (Å²) in [5.74, 6) is 0.224. The summed E-state index contributed by atoms with van der Waals surface area (Å²) < 4.78 is 26.8. The molecule has 1 N–H and O–H groups in total. The molecular weight excluding hydrogens is 228 g/mol. The van der Waals surface area contributed by atoms with Gasteiger partial charge >= 0.3 is 0 Å². The van der Waals surface area contributed by atoms with Gasteiger partial charge in [-0.3, -0.25) is 0 Å². The zero-order valence-electron chi connectivity index (χ0n) is 9.39. The Morgan fingerprint density at radius 1 is 1.31 bits per heavy atom. The predicted octanol–water partition coefficient (Wildman–Crippen LogP) is 3.58. The molecule has 0 saturated carbocycles. The van der Waals surface area contributed by atoms with Gasteiger partial charge in [-0.1, -0.05) is 6.92 Å². The second-order valence-corrected chi connectivity index (χ2v) is 5.77. The van der Waals surface area contributed by atoms with Crippen molar-refractivity contribution in [2.45, 2.75) is 31.6 Å². The SMILES string of the molecule is Cc1cc(F)c(NC2CSC(C)C2)cc1F. The number of hydrogen-bond acceptors (Lipinski definition) is 2. The molecule has 1 nitrogen and oxygen atoms in total. The van der Waals surface area contributed by atoms with E-state index in [1.54, 1.807) is 6.92 Å². The van der Waals surface area contributed by atoms with Crippen LogP contribution in [0.4, 0.5) is 14.5 Å². The predicted molar refractivity (Wildman–Crippen MR) is 65.0 cm³/mol. The van der Waals surface area contributed by atoms with Crippen LogP contribution in [0.1, 0.15) is 18.9 Å². The normalized spacial score (nSPS) is 24.8. The van der Waals surface area contributed by atoms with Gasteiger partial charge in [0.1, 0.15) is 11.6 Å². The molecule has 0 aliphatic carbocycles. The van der Waals surface area contributed by atoms with Crippen molar-refractivity contribution >= 4 is 17.4 Å². The van der Waals surface area contributed by atoms with E-state index in [2.05, 4.69) is 12.2 Å². The summed E-state index contributed by atoms with van der Waals surface area (Å²) in [6.07, 6.45) is 1.000. The Morgan fingerprint density at radius 2 is 2.06 bits per heavy atom. The van der Waals surface area contributed by atoms with Crippen LogP contribution in [0.2, 0.25) is 0 Å². The first kappa shape index (κ1) is 11.7. The third-order valence-corrected chi connectivity index (χ3v) is 4.16. The van der Waals surface area contributed by atoms with Crippen LogP contribution in [0.3, 0.4) is 0 Å². The molecule has 2 rings (SSSR count). The number of thioether (sulfide) groups is 1. The molecule has 88 valence electrons. The van der Waals surface area contributed by atoms with Crippen molar-refractivity contribution in [1.29, 1.82) is 0 Å². The Morgan fingerprint density at radius 3 is 2.69 bits per heavy atom. The van der Waals surface area contributed by atoms with Crippen LogP contribution in [-0.2, 0) is 0 Å². The number of benzene rings is 1. The quantitative estimate of drug-likeness (QED) is 0.852. The maximum absolute atomic E-state index is 13.5. The van der Waals surface area contributed by atoms with Crippen LogP contribution in [0.5, 0.6) is 0 Å². The summed E-state index contributed by atoms with van der Waals surface area (Å²) in [6.45, 7) is 3.72. The van der Waals surface area contributed by atoms with Crippen LogP contribution in [0, 0.1) is 18.6 Å². The fourth-order valence-electron chi connectivity index (χ4n) is 1.89. The first-order valence-corrected chi connectivity index (χ1v) is 6.45. The number of aryl methyl sites for hydroxylation is 1. The van der Waals surface area contributed by atoms with Crippen LogP contribution in [0.15, 0.2) is 12.1 Å². The van der Waals surface area contributed by atoms with Gasteiger partial charge in [0.05, 0.1) is 5.69 Å². The molecule has 1 aromatic rings. The fraction of sp³-hybridized carbons (Fsp3) is 0.500. The largest absolute Gasteiger partial charge is 0.379 e. The highest BCUT2D eigenvalue weighted by Crippen LogP contribution is 2.29. The van der Waals surface area contributed by atoms with Crippen molar-refractivity contribution in [3.63, 3.8) is 0 Å². The summed E-state index contributed by atoms with van der Waals surface area (Å²) in [6, 6.07) is 2.73. The Bertz CT molecular complexity index is 395. The molecule has 0 aromatic heterocycles. The smallest absolute Gasteiger partial charge is 0.146 e. The van der Waals surface area contributed by atoms with E-state index < -0.39 is 0 Å². The molecule has 1 aliphatic heterocycles. The molecule has 16 heavy (non-hydrogen) atoms. The molecule has 2 unspecified atom stereocenters. The summed E-state index contributed by atoms with van der Waals surface area (Å²) in [5.41, 5.74) is 0.625. The van der Waals surface area contributed by atoms with E-state index in [1.165, 1.54) is 12.1 Å². The van der Waals surface area contributed by atoms with Crippen molar-refractivity contribution in [2.24, 2.45) is 0 Å². The molecule has 1 fully saturated rings. The molecule has 1 aromatic carbocycles. The van der Waals surface area contributed by atoms with Crippen molar-refractivity contribution in [3.8, 4) is 0 Å². The second kappa shape index (κ2) is 4.62. The van der Waals surface area contributed by atoms with Gasteiger partial charge in [-0.05, 0) is 25.0 Å². The van der Waals surface area contributed by atoms with Gasteiger partial charge in [0.25, 0.3) is 0 Å². The number of halogens is 2. The summed E-state index contributed by atoms with van der Waals surface area (Å²) in [4.78, 5) is 0. The van der Waals surface area contributed by atoms with E-state index in [1.807, 2.05) is 11.8 Å². The molecule has 1 heterocycles. The van der Waals surface area contributed by atoms with Crippen molar-refractivity contribution in [1.82, 2.24) is 0 Å². The fourth-order valence-corrected chi connectivity index (χ4v) is 3.04. The minimum atomic E-state index is -0.372. The molecule has 4 heteroatoms. The van der Waals surface area contributed by atoms with Crippen LogP contribution in [0.25, 0.3) is 0 Å². The van der Waals surface area contributed by atoms with Crippen LogP contribution < -0.4 is 5.32 Å². The molecule has 1 saturated heterocycles. The Hall–Kier alpha value is -0.770. The first-order chi connectivity index (χ1) is 7.56. The van der Waals surface area contributed by atoms with E-state index >= 15 is 0 Å². The Labute approximate surface area is 98.6 Å². The van der Waals surface area contributed by atoms with Gasteiger partial charge in [0.15, 0.2) is 0 Å². The molecule has 0 bridgehead atoms. The van der Waals surface area contributed by atoms with Crippen LogP contribution >= 0.6 is 11.8 Å². The standard InChI is InChI=1S/C12H15F2NS/c1-7-3-11(14)12(5-10(7)13)15-9-4-8(2)16-6-9/h3,5,8-9,15H,4,6H2,1-2H3. The lowest BCUT2D eigenvalue weighted by Gasteiger charge is -2.14. The maximum atomic E-state index is 13.5. The highest BCUT2D eigenvalue weighted by Gasteiger charge is 2.22. The molecule has 0 spiro atoms. The van der Waals surface area contributed by atoms with Crippen molar-refractivity contribution in [2.75, 3.05) is 11.1 Å². The second-order valence-electron chi connectivity index (χ2n) is 4.30. The summed E-state index contributed by atoms with van der Waals surface area (Å²) in [7, 11) is 0. The van der Waals surface area contributed by atoms with Crippen molar-refractivity contribution in [3.05, 3.63) is 29.3 Å². The van der Waals surface area contributed by atoms with Crippen molar-refractivity contribution < 1.29 is 8.78 Å². The average Bonchev–Trinajstić information content (AvgIpc) is 2.60. The number of nitrogens with one attached hydrogen (secondary N) is 1. The number of anilines is 1. The highest BCUT2D eigenvalue weighted by atomic mass is 32.2. The monoisotopic (exact) mass is 243 g/mol. The number of rotatable bonds is 2. The molecule has 2 atom stereocenters. The minimum Gasteiger partial charge on any atom is -0.379 e.